The van der Waals surface area contributed by atoms with Crippen LogP contribution in [0.1, 0.15) is 23.2 Å². The zero-order chi connectivity index (χ0) is 18.3. The largest absolute Gasteiger partial charge is 0.416 e. The second-order valence-electron chi connectivity index (χ2n) is 6.34. The molecule has 3 nitrogen and oxygen atoms in total. The molecule has 0 N–H and O–H groups in total. The highest BCUT2D eigenvalue weighted by Crippen LogP contribution is 2.32. The molecule has 0 aliphatic carbocycles. The summed E-state index contributed by atoms with van der Waals surface area (Å²) in [7, 11) is 3.98. The second-order valence-corrected chi connectivity index (χ2v) is 6.34. The Hall–Kier alpha value is -1.92. The van der Waals surface area contributed by atoms with Gasteiger partial charge in [-0.2, -0.15) is 13.2 Å². The van der Waals surface area contributed by atoms with Gasteiger partial charge in [-0.3, -0.25) is 9.88 Å². The molecule has 1 heterocycles. The van der Waals surface area contributed by atoms with Crippen LogP contribution in [0.3, 0.4) is 0 Å². The Morgan fingerprint density at radius 2 is 1.64 bits per heavy atom. The molecule has 0 saturated heterocycles. The van der Waals surface area contributed by atoms with Crippen molar-refractivity contribution in [3.05, 3.63) is 65.5 Å². The molecule has 0 radical (unpaired) electrons. The maximum Gasteiger partial charge on any atom is 0.416 e. The van der Waals surface area contributed by atoms with Gasteiger partial charge in [-0.25, -0.2) is 0 Å². The third-order valence-corrected chi connectivity index (χ3v) is 3.91. The van der Waals surface area contributed by atoms with E-state index in [1.807, 2.05) is 37.2 Å². The number of pyridine rings is 1. The van der Waals surface area contributed by atoms with Crippen LogP contribution in [-0.4, -0.2) is 42.0 Å². The molecule has 25 heavy (non-hydrogen) atoms. The Morgan fingerprint density at radius 3 is 2.28 bits per heavy atom. The maximum absolute atomic E-state index is 13.2. The molecule has 6 heteroatoms. The van der Waals surface area contributed by atoms with Crippen LogP contribution in [0.4, 0.5) is 13.2 Å². The molecule has 1 aromatic carbocycles. The molecule has 0 spiro atoms. The first-order chi connectivity index (χ1) is 11.9. The van der Waals surface area contributed by atoms with Crippen molar-refractivity contribution in [1.29, 1.82) is 0 Å². The van der Waals surface area contributed by atoms with Gasteiger partial charge in [-0.1, -0.05) is 24.3 Å². The summed E-state index contributed by atoms with van der Waals surface area (Å²) in [6, 6.07) is 11.4. The molecule has 0 atom stereocenters. The van der Waals surface area contributed by atoms with E-state index in [0.717, 1.165) is 24.7 Å². The summed E-state index contributed by atoms with van der Waals surface area (Å²) in [5.41, 5.74) is 0.598. The van der Waals surface area contributed by atoms with Gasteiger partial charge in [0.1, 0.15) is 0 Å². The smallest absolute Gasteiger partial charge is 0.309 e. The first-order valence-electron chi connectivity index (χ1n) is 8.28. The van der Waals surface area contributed by atoms with E-state index < -0.39 is 11.7 Å². The van der Waals surface area contributed by atoms with E-state index in [-0.39, 0.29) is 6.54 Å². The number of rotatable bonds is 8. The van der Waals surface area contributed by atoms with Crippen LogP contribution >= 0.6 is 0 Å². The number of hydrogen-bond acceptors (Lipinski definition) is 3. The fraction of sp³-hybridized carbons (Fsp3) is 0.421. The summed E-state index contributed by atoms with van der Waals surface area (Å²) in [4.78, 5) is 8.40. The van der Waals surface area contributed by atoms with Gasteiger partial charge >= 0.3 is 6.18 Å². The third-order valence-electron chi connectivity index (χ3n) is 3.91. The average molecular weight is 351 g/mol. The lowest BCUT2D eigenvalue weighted by Crippen LogP contribution is -2.28. The molecule has 2 rings (SSSR count). The predicted octanol–water partition coefficient (Wildman–Crippen LogP) is 4.05. The van der Waals surface area contributed by atoms with E-state index in [4.69, 9.17) is 0 Å². The lowest BCUT2D eigenvalue weighted by atomic mass is 10.1. The highest BCUT2D eigenvalue weighted by molar-refractivity contribution is 5.29. The highest BCUT2D eigenvalue weighted by Gasteiger charge is 2.33. The van der Waals surface area contributed by atoms with E-state index >= 15 is 0 Å². The normalized spacial score (nSPS) is 12.1. The Kier molecular flexibility index (Phi) is 6.96. The van der Waals surface area contributed by atoms with E-state index in [0.29, 0.717) is 18.7 Å². The first-order valence-corrected chi connectivity index (χ1v) is 8.28. The van der Waals surface area contributed by atoms with Crippen LogP contribution in [-0.2, 0) is 19.3 Å². The number of benzene rings is 1. The van der Waals surface area contributed by atoms with Gasteiger partial charge in [0.05, 0.1) is 11.3 Å². The van der Waals surface area contributed by atoms with Crippen molar-refractivity contribution in [3.8, 4) is 0 Å². The third kappa shape index (κ3) is 6.48. The molecule has 0 fully saturated rings. The van der Waals surface area contributed by atoms with Gasteiger partial charge in [-0.05, 0) is 50.8 Å². The lowest BCUT2D eigenvalue weighted by molar-refractivity contribution is -0.138. The summed E-state index contributed by atoms with van der Waals surface area (Å²) < 4.78 is 39.7. The van der Waals surface area contributed by atoms with Crippen molar-refractivity contribution in [1.82, 2.24) is 14.8 Å². The topological polar surface area (TPSA) is 19.4 Å². The van der Waals surface area contributed by atoms with E-state index in [1.54, 1.807) is 18.3 Å². The van der Waals surface area contributed by atoms with Gasteiger partial charge in [0, 0.05) is 25.8 Å². The fourth-order valence-corrected chi connectivity index (χ4v) is 2.72. The highest BCUT2D eigenvalue weighted by atomic mass is 19.4. The summed E-state index contributed by atoms with van der Waals surface area (Å²) in [5, 5.41) is 0. The quantitative estimate of drug-likeness (QED) is 0.715. The minimum atomic E-state index is -4.34. The molecule has 1 aromatic heterocycles. The predicted molar refractivity (Wildman–Crippen MR) is 93.0 cm³/mol. The SMILES string of the molecule is CN(C)CCCN(Cc1ccccn1)Cc1ccccc1C(F)(F)F. The van der Waals surface area contributed by atoms with Gasteiger partial charge in [0.2, 0.25) is 0 Å². The maximum atomic E-state index is 13.2. The van der Waals surface area contributed by atoms with Crippen LogP contribution in [0.2, 0.25) is 0 Å². The molecule has 0 aliphatic heterocycles. The molecular weight excluding hydrogens is 327 g/mol. The molecule has 0 aliphatic rings. The van der Waals surface area contributed by atoms with E-state index in [2.05, 4.69) is 9.88 Å². The minimum Gasteiger partial charge on any atom is -0.309 e. The standard InChI is InChI=1S/C19H24F3N3/c1-24(2)12-7-13-25(15-17-9-5-6-11-23-17)14-16-8-3-4-10-18(16)19(20,21)22/h3-6,8-11H,7,12-15H2,1-2H3. The Bertz CT molecular complexity index is 642. The van der Waals surface area contributed by atoms with Crippen LogP contribution in [0, 0.1) is 0 Å². The molecular formula is C19H24F3N3. The first kappa shape index (κ1) is 19.4. The van der Waals surface area contributed by atoms with Crippen LogP contribution in [0.15, 0.2) is 48.7 Å². The van der Waals surface area contributed by atoms with Crippen molar-refractivity contribution in [3.63, 3.8) is 0 Å². The van der Waals surface area contributed by atoms with Gasteiger partial charge < -0.3 is 4.90 Å². The second kappa shape index (κ2) is 8.97. The van der Waals surface area contributed by atoms with E-state index in [1.165, 1.54) is 6.07 Å². The monoisotopic (exact) mass is 351 g/mol. The van der Waals surface area contributed by atoms with Crippen LogP contribution in [0.25, 0.3) is 0 Å². The summed E-state index contributed by atoms with van der Waals surface area (Å²) >= 11 is 0. The molecule has 2 aromatic rings. The lowest BCUT2D eigenvalue weighted by Gasteiger charge is -2.24. The summed E-state index contributed by atoms with van der Waals surface area (Å²) in [5.74, 6) is 0. The van der Waals surface area contributed by atoms with Gasteiger partial charge in [-0.15, -0.1) is 0 Å². The number of halogens is 3. The summed E-state index contributed by atoms with van der Waals surface area (Å²) in [6.07, 6.45) is -1.75. The van der Waals surface area contributed by atoms with Crippen molar-refractivity contribution >= 4 is 0 Å². The molecule has 0 amide bonds. The summed E-state index contributed by atoms with van der Waals surface area (Å²) in [6.45, 7) is 2.38. The molecule has 136 valence electrons. The fourth-order valence-electron chi connectivity index (χ4n) is 2.72. The Labute approximate surface area is 147 Å². The van der Waals surface area contributed by atoms with Gasteiger partial charge in [0.15, 0.2) is 0 Å². The molecule has 0 unspecified atom stereocenters. The number of aromatic nitrogens is 1. The number of alkyl halides is 3. The molecule has 0 saturated carbocycles. The average Bonchev–Trinajstić information content (AvgIpc) is 2.55. The zero-order valence-electron chi connectivity index (χ0n) is 14.6. The van der Waals surface area contributed by atoms with Crippen molar-refractivity contribution in [2.24, 2.45) is 0 Å². The van der Waals surface area contributed by atoms with E-state index in [9.17, 15) is 13.2 Å². The van der Waals surface area contributed by atoms with Crippen molar-refractivity contribution in [2.45, 2.75) is 25.7 Å². The zero-order valence-corrected chi connectivity index (χ0v) is 14.6. The number of nitrogens with zero attached hydrogens (tertiary/aromatic N) is 3. The minimum absolute atomic E-state index is 0.250. The van der Waals surface area contributed by atoms with Crippen molar-refractivity contribution < 1.29 is 13.2 Å². The Balaban J connectivity index is 2.15. The van der Waals surface area contributed by atoms with Crippen LogP contribution in [0.5, 0.6) is 0 Å². The van der Waals surface area contributed by atoms with Crippen molar-refractivity contribution in [2.75, 3.05) is 27.2 Å². The van der Waals surface area contributed by atoms with Crippen LogP contribution < -0.4 is 0 Å². The molecule has 0 bridgehead atoms. The number of hydrogen-bond donors (Lipinski definition) is 0. The van der Waals surface area contributed by atoms with Gasteiger partial charge in [0.25, 0.3) is 0 Å². The Morgan fingerprint density at radius 1 is 0.920 bits per heavy atom.